The molecule has 138 valence electrons. The maximum absolute atomic E-state index is 4.82. The Bertz CT molecular complexity index is 918. The van der Waals surface area contributed by atoms with E-state index in [4.69, 9.17) is 4.99 Å². The van der Waals surface area contributed by atoms with Gasteiger partial charge >= 0.3 is 0 Å². The summed E-state index contributed by atoms with van der Waals surface area (Å²) in [6, 6.07) is 23.7. The van der Waals surface area contributed by atoms with E-state index >= 15 is 0 Å². The summed E-state index contributed by atoms with van der Waals surface area (Å²) >= 11 is 0. The van der Waals surface area contributed by atoms with E-state index in [9.17, 15) is 0 Å². The molecule has 0 aliphatic rings. The number of benzene rings is 3. The second kappa shape index (κ2) is 9.54. The van der Waals surface area contributed by atoms with Crippen LogP contribution in [0.1, 0.15) is 29.2 Å². The van der Waals surface area contributed by atoms with E-state index in [-0.39, 0.29) is 0 Å². The highest BCUT2D eigenvalue weighted by atomic mass is 14.7. The lowest BCUT2D eigenvalue weighted by atomic mass is 10.0. The van der Waals surface area contributed by atoms with Gasteiger partial charge in [-0.2, -0.15) is 0 Å². The lowest BCUT2D eigenvalue weighted by Crippen LogP contribution is -1.94. The number of nitrogens with zero attached hydrogens (tertiary/aromatic N) is 1. The molecule has 0 unspecified atom stereocenters. The van der Waals surface area contributed by atoms with Gasteiger partial charge in [-0.1, -0.05) is 72.8 Å². The topological polar surface area (TPSA) is 38.4 Å². The fourth-order valence-electron chi connectivity index (χ4n) is 2.73. The Balaban J connectivity index is 0.000000817. The van der Waals surface area contributed by atoms with Crippen molar-refractivity contribution < 1.29 is 0 Å². The maximum Gasteiger partial charge on any atom is 0.0664 e. The summed E-state index contributed by atoms with van der Waals surface area (Å²) in [5, 5.41) is 0. The summed E-state index contributed by atoms with van der Waals surface area (Å²) in [6.07, 6.45) is 1.25. The Kier molecular flexibility index (Phi) is 7.13. The van der Waals surface area contributed by atoms with Gasteiger partial charge in [0, 0.05) is 5.71 Å². The maximum atomic E-state index is 4.82. The number of aliphatic imine (C=N–C) groups is 1. The molecule has 0 aromatic heterocycles. The van der Waals surface area contributed by atoms with Crippen LogP contribution in [0.5, 0.6) is 0 Å². The number of hydrogen-bond acceptors (Lipinski definition) is 2. The van der Waals surface area contributed by atoms with Gasteiger partial charge in [0.05, 0.1) is 5.69 Å². The van der Waals surface area contributed by atoms with Crippen LogP contribution >= 0.6 is 0 Å². The van der Waals surface area contributed by atoms with E-state index in [0.717, 1.165) is 17.0 Å². The standard InChI is InChI=1S/C23H23N.C2H5N/c1-16-6-9-21(10-7-16)22-13-11-20(12-14-22)19(4)24-23-15-17(2)5-8-18(23)3;1-2-3/h5-15H,1-4H3;2H,1,3H2. The highest BCUT2D eigenvalue weighted by Crippen LogP contribution is 2.23. The summed E-state index contributed by atoms with van der Waals surface area (Å²) in [5.74, 6) is 0. The Morgan fingerprint density at radius 2 is 1.30 bits per heavy atom. The first-order valence-corrected chi connectivity index (χ1v) is 9.07. The van der Waals surface area contributed by atoms with Gasteiger partial charge in [0.2, 0.25) is 0 Å². The molecule has 0 radical (unpaired) electrons. The van der Waals surface area contributed by atoms with Crippen LogP contribution < -0.4 is 5.73 Å². The largest absolute Gasteiger partial charge is 0.405 e. The van der Waals surface area contributed by atoms with Crippen LogP contribution in [0.2, 0.25) is 0 Å². The van der Waals surface area contributed by atoms with Gasteiger partial charge in [0.25, 0.3) is 0 Å². The number of hydrogen-bond donors (Lipinski definition) is 1. The first kappa shape index (κ1) is 20.2. The second-order valence-corrected chi connectivity index (χ2v) is 6.67. The molecule has 3 aromatic carbocycles. The average Bonchev–Trinajstić information content (AvgIpc) is 2.66. The SMILES string of the molecule is C=CN.CC(=Nc1cc(C)ccc1C)c1ccc(-c2ccc(C)cc2)cc1. The molecule has 27 heavy (non-hydrogen) atoms. The molecule has 2 N–H and O–H groups in total. The normalized spacial score (nSPS) is 10.7. The smallest absolute Gasteiger partial charge is 0.0664 e. The molecule has 0 saturated carbocycles. The summed E-state index contributed by atoms with van der Waals surface area (Å²) < 4.78 is 0. The lowest BCUT2D eigenvalue weighted by Gasteiger charge is -2.07. The lowest BCUT2D eigenvalue weighted by molar-refractivity contribution is 1.34. The minimum atomic E-state index is 1.04. The molecule has 2 nitrogen and oxygen atoms in total. The summed E-state index contributed by atoms with van der Waals surface area (Å²) in [4.78, 5) is 4.82. The zero-order valence-electron chi connectivity index (χ0n) is 16.7. The van der Waals surface area contributed by atoms with Gasteiger partial charge in [-0.15, -0.1) is 0 Å². The molecule has 2 heteroatoms. The van der Waals surface area contributed by atoms with E-state index in [0.29, 0.717) is 0 Å². The molecule has 0 spiro atoms. The van der Waals surface area contributed by atoms with E-state index in [2.05, 4.69) is 107 Å². The molecular weight excluding hydrogens is 328 g/mol. The van der Waals surface area contributed by atoms with Crippen molar-refractivity contribution in [2.75, 3.05) is 0 Å². The minimum absolute atomic E-state index is 1.04. The Morgan fingerprint density at radius 3 is 1.85 bits per heavy atom. The van der Waals surface area contributed by atoms with E-state index in [1.165, 1.54) is 34.0 Å². The quantitative estimate of drug-likeness (QED) is 0.534. The third-order valence-corrected chi connectivity index (χ3v) is 4.34. The van der Waals surface area contributed by atoms with Crippen molar-refractivity contribution in [3.05, 3.63) is 102 Å². The van der Waals surface area contributed by atoms with Crippen LogP contribution in [0.25, 0.3) is 11.1 Å². The predicted molar refractivity (Wildman–Crippen MR) is 119 cm³/mol. The molecule has 0 atom stereocenters. The summed E-state index contributed by atoms with van der Waals surface area (Å²) in [6.45, 7) is 11.5. The molecule has 3 rings (SSSR count). The van der Waals surface area contributed by atoms with Crippen molar-refractivity contribution in [1.29, 1.82) is 0 Å². The molecule has 0 saturated heterocycles. The summed E-state index contributed by atoms with van der Waals surface area (Å²) in [7, 11) is 0. The van der Waals surface area contributed by atoms with Gasteiger partial charge < -0.3 is 5.73 Å². The average molecular weight is 357 g/mol. The van der Waals surface area contributed by atoms with Crippen LogP contribution in [0.3, 0.4) is 0 Å². The molecular formula is C25H28N2. The number of rotatable bonds is 3. The monoisotopic (exact) mass is 356 g/mol. The molecule has 0 aliphatic heterocycles. The van der Waals surface area contributed by atoms with E-state index in [1.807, 2.05) is 0 Å². The van der Waals surface area contributed by atoms with Crippen molar-refractivity contribution in [1.82, 2.24) is 0 Å². The molecule has 0 aliphatic carbocycles. The van der Waals surface area contributed by atoms with Gasteiger partial charge in [-0.25, -0.2) is 0 Å². The molecule has 3 aromatic rings. The van der Waals surface area contributed by atoms with Crippen molar-refractivity contribution in [2.45, 2.75) is 27.7 Å². The predicted octanol–water partition coefficient (Wildman–Crippen LogP) is 6.51. The summed E-state index contributed by atoms with van der Waals surface area (Å²) in [5.41, 5.74) is 14.1. The van der Waals surface area contributed by atoms with Crippen LogP contribution in [0.4, 0.5) is 5.69 Å². The highest BCUT2D eigenvalue weighted by Gasteiger charge is 2.03. The first-order valence-electron chi connectivity index (χ1n) is 9.07. The van der Waals surface area contributed by atoms with Crippen molar-refractivity contribution in [3.63, 3.8) is 0 Å². The minimum Gasteiger partial charge on any atom is -0.405 e. The fourth-order valence-corrected chi connectivity index (χ4v) is 2.73. The van der Waals surface area contributed by atoms with Crippen molar-refractivity contribution >= 4 is 11.4 Å². The number of aryl methyl sites for hydroxylation is 3. The Hall–Kier alpha value is -3.13. The zero-order valence-corrected chi connectivity index (χ0v) is 16.7. The van der Waals surface area contributed by atoms with E-state index in [1.54, 1.807) is 0 Å². The highest BCUT2D eigenvalue weighted by molar-refractivity contribution is 6.00. The molecule has 0 heterocycles. The van der Waals surface area contributed by atoms with Gasteiger partial charge in [-0.05, 0) is 67.8 Å². The van der Waals surface area contributed by atoms with Gasteiger partial charge in [-0.3, -0.25) is 4.99 Å². The van der Waals surface area contributed by atoms with Gasteiger partial charge in [0.1, 0.15) is 0 Å². The molecule has 0 amide bonds. The van der Waals surface area contributed by atoms with Crippen LogP contribution in [-0.4, -0.2) is 5.71 Å². The Morgan fingerprint density at radius 1 is 0.815 bits per heavy atom. The number of nitrogens with two attached hydrogens (primary N) is 1. The molecule has 0 bridgehead atoms. The third-order valence-electron chi connectivity index (χ3n) is 4.34. The van der Waals surface area contributed by atoms with Gasteiger partial charge in [0.15, 0.2) is 0 Å². The first-order chi connectivity index (χ1) is 12.9. The fraction of sp³-hybridized carbons (Fsp3) is 0.160. The van der Waals surface area contributed by atoms with Crippen molar-refractivity contribution in [3.8, 4) is 11.1 Å². The van der Waals surface area contributed by atoms with E-state index < -0.39 is 0 Å². The van der Waals surface area contributed by atoms with Crippen LogP contribution in [0.15, 0.2) is 84.5 Å². The third kappa shape index (κ3) is 5.68. The van der Waals surface area contributed by atoms with Crippen LogP contribution in [0, 0.1) is 20.8 Å². The zero-order chi connectivity index (χ0) is 19.8. The van der Waals surface area contributed by atoms with Crippen molar-refractivity contribution in [2.24, 2.45) is 10.7 Å². The van der Waals surface area contributed by atoms with Crippen LogP contribution in [-0.2, 0) is 0 Å². The molecule has 0 fully saturated rings. The Labute approximate surface area is 163 Å². The second-order valence-electron chi connectivity index (χ2n) is 6.67.